The normalized spacial score (nSPS) is 12.6. The van der Waals surface area contributed by atoms with Gasteiger partial charge in [0.25, 0.3) is 20.2 Å². The Bertz CT molecular complexity index is 1370. The summed E-state index contributed by atoms with van der Waals surface area (Å²) >= 11 is 0. The molecule has 0 fully saturated rings. The van der Waals surface area contributed by atoms with Crippen LogP contribution in [0.2, 0.25) is 0 Å². The molecule has 3 rings (SSSR count). The molecule has 0 aliphatic heterocycles. The number of azo groups is 2. The average molecular weight is 460 g/mol. The SMILES string of the molecule is Cc1ccc(N=Nc2ccc(N=Nc3ccc(S(=O)(=O)O)cc3)cc2S(=O)(=O)O)cc1. The lowest BCUT2D eigenvalue weighted by atomic mass is 10.2. The maximum Gasteiger partial charge on any atom is 0.296 e. The molecule has 3 aromatic carbocycles. The average Bonchev–Trinajstić information content (AvgIpc) is 2.71. The van der Waals surface area contributed by atoms with Crippen molar-refractivity contribution < 1.29 is 25.9 Å². The molecule has 0 saturated heterocycles. The number of nitrogens with zero attached hydrogens (tertiary/aromatic N) is 4. The van der Waals surface area contributed by atoms with Crippen LogP contribution in [-0.4, -0.2) is 25.9 Å². The van der Waals surface area contributed by atoms with E-state index in [0.29, 0.717) is 5.69 Å². The molecular weight excluding hydrogens is 444 g/mol. The van der Waals surface area contributed by atoms with E-state index in [-0.39, 0.29) is 22.0 Å². The van der Waals surface area contributed by atoms with E-state index in [2.05, 4.69) is 20.5 Å². The highest BCUT2D eigenvalue weighted by atomic mass is 32.2. The first-order chi connectivity index (χ1) is 14.5. The highest BCUT2D eigenvalue weighted by molar-refractivity contribution is 7.86. The highest BCUT2D eigenvalue weighted by Crippen LogP contribution is 2.31. The van der Waals surface area contributed by atoms with E-state index in [1.54, 1.807) is 12.1 Å². The summed E-state index contributed by atoms with van der Waals surface area (Å²) in [6.07, 6.45) is 0. The molecule has 0 aliphatic rings. The van der Waals surface area contributed by atoms with Gasteiger partial charge >= 0.3 is 0 Å². The van der Waals surface area contributed by atoms with E-state index >= 15 is 0 Å². The monoisotopic (exact) mass is 460 g/mol. The van der Waals surface area contributed by atoms with Crippen molar-refractivity contribution in [2.75, 3.05) is 0 Å². The molecule has 0 saturated carbocycles. The number of hydrogen-bond acceptors (Lipinski definition) is 8. The molecule has 0 aromatic heterocycles. The molecule has 10 nitrogen and oxygen atoms in total. The van der Waals surface area contributed by atoms with Gasteiger partial charge in [0.1, 0.15) is 10.6 Å². The Kier molecular flexibility index (Phi) is 6.36. The van der Waals surface area contributed by atoms with Gasteiger partial charge in [-0.3, -0.25) is 9.11 Å². The summed E-state index contributed by atoms with van der Waals surface area (Å²) in [7, 11) is -8.95. The fourth-order valence-electron chi connectivity index (χ4n) is 2.38. The second kappa shape index (κ2) is 8.81. The van der Waals surface area contributed by atoms with Crippen molar-refractivity contribution in [2.45, 2.75) is 16.7 Å². The summed E-state index contributed by atoms with van der Waals surface area (Å²) in [5.74, 6) is 0. The maximum absolute atomic E-state index is 11.8. The molecule has 0 unspecified atom stereocenters. The first-order valence-corrected chi connectivity index (χ1v) is 11.5. The van der Waals surface area contributed by atoms with E-state index in [0.717, 1.165) is 23.8 Å². The van der Waals surface area contributed by atoms with Crippen molar-refractivity contribution in [3.8, 4) is 0 Å². The van der Waals surface area contributed by atoms with E-state index in [4.69, 9.17) is 4.55 Å². The Labute approximate surface area is 178 Å². The number of aryl methyl sites for hydroxylation is 1. The topological polar surface area (TPSA) is 158 Å². The van der Waals surface area contributed by atoms with Gasteiger partial charge in [-0.05, 0) is 61.5 Å². The van der Waals surface area contributed by atoms with E-state index in [1.807, 2.05) is 19.1 Å². The summed E-state index contributed by atoms with van der Waals surface area (Å²) in [5, 5.41) is 15.6. The fraction of sp³-hybridized carbons (Fsp3) is 0.0526. The van der Waals surface area contributed by atoms with Gasteiger partial charge in [0.15, 0.2) is 0 Å². The Balaban J connectivity index is 1.89. The molecule has 0 bridgehead atoms. The third kappa shape index (κ3) is 6.08. The summed E-state index contributed by atoms with van der Waals surface area (Å²) < 4.78 is 64.1. The second-order valence-corrected chi connectivity index (χ2v) is 9.14. The van der Waals surface area contributed by atoms with Crippen LogP contribution in [0.15, 0.2) is 97.0 Å². The zero-order chi connectivity index (χ0) is 22.6. The highest BCUT2D eigenvalue weighted by Gasteiger charge is 2.17. The van der Waals surface area contributed by atoms with Crippen LogP contribution in [-0.2, 0) is 20.2 Å². The molecule has 0 radical (unpaired) electrons. The van der Waals surface area contributed by atoms with Gasteiger partial charge < -0.3 is 0 Å². The molecule has 3 aromatic rings. The second-order valence-electron chi connectivity index (χ2n) is 6.33. The fourth-order valence-corrected chi connectivity index (χ4v) is 3.50. The molecule has 31 heavy (non-hydrogen) atoms. The van der Waals surface area contributed by atoms with E-state index in [1.165, 1.54) is 24.3 Å². The van der Waals surface area contributed by atoms with Gasteiger partial charge in [-0.1, -0.05) is 17.7 Å². The predicted octanol–water partition coefficient (Wildman–Crippen LogP) is 5.32. The van der Waals surface area contributed by atoms with Crippen LogP contribution in [0.25, 0.3) is 0 Å². The summed E-state index contributed by atoms with van der Waals surface area (Å²) in [5.41, 5.74) is 1.80. The first-order valence-electron chi connectivity index (χ1n) is 8.62. The van der Waals surface area contributed by atoms with Gasteiger partial charge in [0.05, 0.1) is 22.0 Å². The Morgan fingerprint density at radius 2 is 1.10 bits per heavy atom. The predicted molar refractivity (Wildman–Crippen MR) is 112 cm³/mol. The molecule has 2 N–H and O–H groups in total. The minimum Gasteiger partial charge on any atom is -0.282 e. The van der Waals surface area contributed by atoms with Crippen molar-refractivity contribution in [1.29, 1.82) is 0 Å². The standard InChI is InChI=1S/C19H16N4O6S2/c1-13-2-4-14(5-3-13)21-23-18-11-8-16(12-19(18)31(27,28)29)22-20-15-6-9-17(10-7-15)30(24,25)26/h2-12H,1H3,(H,24,25,26)(H,27,28,29). The Morgan fingerprint density at radius 1 is 0.613 bits per heavy atom. The van der Waals surface area contributed by atoms with Crippen molar-refractivity contribution in [2.24, 2.45) is 20.5 Å². The van der Waals surface area contributed by atoms with Crippen LogP contribution in [0.4, 0.5) is 22.7 Å². The largest absolute Gasteiger partial charge is 0.296 e. The molecule has 12 heteroatoms. The van der Waals surface area contributed by atoms with Crippen LogP contribution in [0, 0.1) is 6.92 Å². The van der Waals surface area contributed by atoms with Crippen LogP contribution in [0.3, 0.4) is 0 Å². The third-order valence-electron chi connectivity index (χ3n) is 3.94. The lowest BCUT2D eigenvalue weighted by Gasteiger charge is -2.03. The third-order valence-corrected chi connectivity index (χ3v) is 5.69. The molecular formula is C19H16N4O6S2. The van der Waals surface area contributed by atoms with Gasteiger partial charge in [-0.25, -0.2) is 0 Å². The van der Waals surface area contributed by atoms with Crippen molar-refractivity contribution in [3.05, 3.63) is 72.3 Å². The Hall–Kier alpha value is -3.32. The van der Waals surface area contributed by atoms with Gasteiger partial charge in [-0.2, -0.15) is 32.2 Å². The lowest BCUT2D eigenvalue weighted by molar-refractivity contribution is 0.481. The number of benzene rings is 3. The molecule has 0 aliphatic carbocycles. The minimum atomic E-state index is -4.62. The van der Waals surface area contributed by atoms with Crippen LogP contribution < -0.4 is 0 Å². The van der Waals surface area contributed by atoms with Gasteiger partial charge in [-0.15, -0.1) is 5.11 Å². The molecule has 0 amide bonds. The zero-order valence-electron chi connectivity index (χ0n) is 16.0. The van der Waals surface area contributed by atoms with E-state index < -0.39 is 25.1 Å². The molecule has 0 spiro atoms. The molecule has 0 heterocycles. The van der Waals surface area contributed by atoms with Crippen LogP contribution in [0.5, 0.6) is 0 Å². The smallest absolute Gasteiger partial charge is 0.282 e. The van der Waals surface area contributed by atoms with Crippen molar-refractivity contribution in [1.82, 2.24) is 0 Å². The summed E-state index contributed by atoms with van der Waals surface area (Å²) in [6, 6.07) is 15.8. The van der Waals surface area contributed by atoms with Crippen LogP contribution >= 0.6 is 0 Å². The maximum atomic E-state index is 11.8. The Morgan fingerprint density at radius 3 is 1.65 bits per heavy atom. The quantitative estimate of drug-likeness (QED) is 0.374. The lowest BCUT2D eigenvalue weighted by Crippen LogP contribution is -1.98. The minimum absolute atomic E-state index is 0.0838. The zero-order valence-corrected chi connectivity index (χ0v) is 17.6. The van der Waals surface area contributed by atoms with Crippen molar-refractivity contribution >= 4 is 43.0 Å². The van der Waals surface area contributed by atoms with Gasteiger partial charge in [0, 0.05) is 0 Å². The number of rotatable bonds is 6. The molecule has 0 atom stereocenters. The van der Waals surface area contributed by atoms with E-state index in [9.17, 15) is 21.4 Å². The molecule has 160 valence electrons. The van der Waals surface area contributed by atoms with Gasteiger partial charge in [0.2, 0.25) is 0 Å². The van der Waals surface area contributed by atoms with Crippen LogP contribution in [0.1, 0.15) is 5.56 Å². The first kappa shape index (κ1) is 22.4. The van der Waals surface area contributed by atoms with Crippen molar-refractivity contribution in [3.63, 3.8) is 0 Å². The number of hydrogen-bond donors (Lipinski definition) is 2. The summed E-state index contributed by atoms with van der Waals surface area (Å²) in [6.45, 7) is 1.91. The summed E-state index contributed by atoms with van der Waals surface area (Å²) in [4.78, 5) is -0.801.